The van der Waals surface area contributed by atoms with Crippen molar-refractivity contribution < 1.29 is 9.90 Å². The summed E-state index contributed by atoms with van der Waals surface area (Å²) in [5.41, 5.74) is 0.888. The van der Waals surface area contributed by atoms with Gasteiger partial charge in [0.15, 0.2) is 0 Å². The van der Waals surface area contributed by atoms with E-state index in [1.807, 2.05) is 37.4 Å². The Morgan fingerprint density at radius 3 is 2.73 bits per heavy atom. The van der Waals surface area contributed by atoms with Gasteiger partial charge in [0.05, 0.1) is 0 Å². The molecule has 0 saturated heterocycles. The van der Waals surface area contributed by atoms with Crippen LogP contribution >= 0.6 is 11.8 Å². The first-order valence-electron chi connectivity index (χ1n) is 4.81. The number of hydrogen-bond acceptors (Lipinski definition) is 3. The molecule has 15 heavy (non-hydrogen) atoms. The summed E-state index contributed by atoms with van der Waals surface area (Å²) < 4.78 is 0. The molecule has 1 atom stereocenters. The predicted molar refractivity (Wildman–Crippen MR) is 63.6 cm³/mol. The van der Waals surface area contributed by atoms with E-state index in [9.17, 15) is 4.79 Å². The van der Waals surface area contributed by atoms with Gasteiger partial charge in [0.2, 0.25) is 0 Å². The quantitative estimate of drug-likeness (QED) is 0.756. The normalized spacial score (nSPS) is 12.1. The fourth-order valence-electron chi connectivity index (χ4n) is 1.29. The Morgan fingerprint density at radius 2 is 2.20 bits per heavy atom. The van der Waals surface area contributed by atoms with Crippen molar-refractivity contribution in [3.63, 3.8) is 0 Å². The van der Waals surface area contributed by atoms with E-state index in [-0.39, 0.29) is 0 Å². The molecule has 4 heteroatoms. The number of aliphatic carboxylic acids is 1. The van der Waals surface area contributed by atoms with Crippen molar-refractivity contribution in [1.82, 2.24) is 0 Å². The van der Waals surface area contributed by atoms with Crippen molar-refractivity contribution >= 4 is 23.4 Å². The van der Waals surface area contributed by atoms with Gasteiger partial charge in [-0.3, -0.25) is 0 Å². The molecule has 2 N–H and O–H groups in total. The number of rotatable bonds is 5. The van der Waals surface area contributed by atoms with E-state index in [2.05, 4.69) is 5.32 Å². The van der Waals surface area contributed by atoms with Gasteiger partial charge >= 0.3 is 5.97 Å². The Balaban J connectivity index is 2.82. The van der Waals surface area contributed by atoms with Crippen molar-refractivity contribution in [2.75, 3.05) is 11.6 Å². The maximum absolute atomic E-state index is 10.9. The second kappa shape index (κ2) is 5.66. The lowest BCUT2D eigenvalue weighted by Gasteiger charge is -2.15. The summed E-state index contributed by atoms with van der Waals surface area (Å²) in [5, 5.41) is 12.0. The molecule has 1 rings (SSSR count). The first-order chi connectivity index (χ1) is 7.19. The van der Waals surface area contributed by atoms with Crippen LogP contribution in [0.1, 0.15) is 13.3 Å². The van der Waals surface area contributed by atoms with Gasteiger partial charge in [0, 0.05) is 10.6 Å². The highest BCUT2D eigenvalue weighted by atomic mass is 32.2. The molecule has 1 aromatic rings. The summed E-state index contributed by atoms with van der Waals surface area (Å²) >= 11 is 1.60. The molecule has 0 spiro atoms. The summed E-state index contributed by atoms with van der Waals surface area (Å²) in [5.74, 6) is -0.812. The summed E-state index contributed by atoms with van der Waals surface area (Å²) in [7, 11) is 0. The minimum atomic E-state index is -0.812. The maximum atomic E-state index is 10.9. The molecule has 0 aliphatic carbocycles. The third-order valence-corrected chi connectivity index (χ3v) is 2.94. The average Bonchev–Trinajstić information content (AvgIpc) is 2.25. The van der Waals surface area contributed by atoms with Crippen molar-refractivity contribution in [1.29, 1.82) is 0 Å². The van der Waals surface area contributed by atoms with E-state index in [0.29, 0.717) is 6.42 Å². The molecule has 1 unspecified atom stereocenters. The molecular formula is C11H15NO2S. The van der Waals surface area contributed by atoms with Crippen LogP contribution in [0.4, 0.5) is 5.69 Å². The number of carbonyl (C=O) groups is 1. The zero-order chi connectivity index (χ0) is 11.3. The fraction of sp³-hybridized carbons (Fsp3) is 0.364. The van der Waals surface area contributed by atoms with Crippen LogP contribution in [-0.2, 0) is 4.79 Å². The Kier molecular flexibility index (Phi) is 4.49. The van der Waals surface area contributed by atoms with Gasteiger partial charge in [-0.1, -0.05) is 19.1 Å². The largest absolute Gasteiger partial charge is 0.480 e. The van der Waals surface area contributed by atoms with Crippen LogP contribution < -0.4 is 5.32 Å². The molecule has 0 fully saturated rings. The van der Waals surface area contributed by atoms with Gasteiger partial charge in [0.25, 0.3) is 0 Å². The number of carboxylic acid groups (broad SMARTS) is 1. The molecule has 82 valence electrons. The second-order valence-electron chi connectivity index (χ2n) is 3.14. The topological polar surface area (TPSA) is 49.3 Å². The summed E-state index contributed by atoms with van der Waals surface area (Å²) in [6.07, 6.45) is 2.54. The number of para-hydroxylation sites is 1. The van der Waals surface area contributed by atoms with E-state index in [1.165, 1.54) is 0 Å². The SMILES string of the molecule is CCC(Nc1ccccc1SC)C(=O)O. The van der Waals surface area contributed by atoms with Crippen LogP contribution in [0.15, 0.2) is 29.2 Å². The highest BCUT2D eigenvalue weighted by molar-refractivity contribution is 7.98. The third-order valence-electron chi connectivity index (χ3n) is 2.14. The molecule has 0 aliphatic rings. The molecule has 1 aromatic carbocycles. The van der Waals surface area contributed by atoms with E-state index < -0.39 is 12.0 Å². The standard InChI is InChI=1S/C11H15NO2S/c1-3-8(11(13)14)12-9-6-4-5-7-10(9)15-2/h4-8,12H,3H2,1-2H3,(H,13,14). The predicted octanol–water partition coefficient (Wildman–Crippen LogP) is 2.68. The molecule has 0 aromatic heterocycles. The van der Waals surface area contributed by atoms with Crippen LogP contribution in [0, 0.1) is 0 Å². The Labute approximate surface area is 93.9 Å². The van der Waals surface area contributed by atoms with E-state index in [4.69, 9.17) is 5.11 Å². The van der Waals surface area contributed by atoms with E-state index in [1.54, 1.807) is 11.8 Å². The number of nitrogens with one attached hydrogen (secondary N) is 1. The van der Waals surface area contributed by atoms with E-state index >= 15 is 0 Å². The molecule has 0 bridgehead atoms. The number of anilines is 1. The number of thioether (sulfide) groups is 1. The number of carboxylic acids is 1. The lowest BCUT2D eigenvalue weighted by molar-refractivity contribution is -0.137. The number of hydrogen-bond donors (Lipinski definition) is 2. The van der Waals surface area contributed by atoms with Gasteiger partial charge < -0.3 is 10.4 Å². The minimum absolute atomic E-state index is 0.515. The van der Waals surface area contributed by atoms with Crippen LogP contribution in [-0.4, -0.2) is 23.4 Å². The average molecular weight is 225 g/mol. The Hall–Kier alpha value is -1.16. The third kappa shape index (κ3) is 3.16. The van der Waals surface area contributed by atoms with Gasteiger partial charge in [-0.2, -0.15) is 0 Å². The van der Waals surface area contributed by atoms with Gasteiger partial charge in [-0.15, -0.1) is 11.8 Å². The Morgan fingerprint density at radius 1 is 1.53 bits per heavy atom. The number of benzene rings is 1. The van der Waals surface area contributed by atoms with Crippen LogP contribution in [0.5, 0.6) is 0 Å². The minimum Gasteiger partial charge on any atom is -0.480 e. The molecule has 0 aliphatic heterocycles. The molecular weight excluding hydrogens is 210 g/mol. The van der Waals surface area contributed by atoms with Crippen molar-refractivity contribution in [2.45, 2.75) is 24.3 Å². The second-order valence-corrected chi connectivity index (χ2v) is 3.99. The van der Waals surface area contributed by atoms with Crippen molar-refractivity contribution in [2.24, 2.45) is 0 Å². The van der Waals surface area contributed by atoms with Crippen LogP contribution in [0.25, 0.3) is 0 Å². The van der Waals surface area contributed by atoms with Crippen LogP contribution in [0.3, 0.4) is 0 Å². The first kappa shape index (κ1) is 11.9. The molecule has 0 radical (unpaired) electrons. The van der Waals surface area contributed by atoms with Gasteiger partial charge in [-0.25, -0.2) is 4.79 Å². The fourth-order valence-corrected chi connectivity index (χ4v) is 1.85. The summed E-state index contributed by atoms with van der Waals surface area (Å²) in [6, 6.07) is 7.20. The molecule has 0 saturated carbocycles. The van der Waals surface area contributed by atoms with Gasteiger partial charge in [0.1, 0.15) is 6.04 Å². The summed E-state index contributed by atoms with van der Waals surface area (Å²) in [6.45, 7) is 1.85. The highest BCUT2D eigenvalue weighted by Gasteiger charge is 2.15. The first-order valence-corrected chi connectivity index (χ1v) is 6.03. The highest BCUT2D eigenvalue weighted by Crippen LogP contribution is 2.25. The van der Waals surface area contributed by atoms with Crippen molar-refractivity contribution in [3.8, 4) is 0 Å². The van der Waals surface area contributed by atoms with E-state index in [0.717, 1.165) is 10.6 Å². The lowest BCUT2D eigenvalue weighted by Crippen LogP contribution is -2.28. The lowest BCUT2D eigenvalue weighted by atomic mass is 10.2. The molecule has 0 heterocycles. The maximum Gasteiger partial charge on any atom is 0.326 e. The van der Waals surface area contributed by atoms with Crippen LogP contribution in [0.2, 0.25) is 0 Å². The monoisotopic (exact) mass is 225 g/mol. The Bertz CT molecular complexity index is 341. The molecule has 3 nitrogen and oxygen atoms in total. The molecule has 0 amide bonds. The zero-order valence-corrected chi connectivity index (χ0v) is 9.67. The van der Waals surface area contributed by atoms with Gasteiger partial charge in [-0.05, 0) is 24.8 Å². The zero-order valence-electron chi connectivity index (χ0n) is 8.86. The smallest absolute Gasteiger partial charge is 0.326 e. The van der Waals surface area contributed by atoms with Crippen molar-refractivity contribution in [3.05, 3.63) is 24.3 Å². The summed E-state index contributed by atoms with van der Waals surface area (Å²) in [4.78, 5) is 11.9.